The average Bonchev–Trinajstić information content (AvgIpc) is 2.11. The summed E-state index contributed by atoms with van der Waals surface area (Å²) in [6.45, 7) is 2.06. The van der Waals surface area contributed by atoms with E-state index in [0.717, 1.165) is 0 Å². The third-order valence-electron chi connectivity index (χ3n) is 1.61. The van der Waals surface area contributed by atoms with Gasteiger partial charge in [-0.25, -0.2) is 0 Å². The minimum absolute atomic E-state index is 0.273. The van der Waals surface area contributed by atoms with E-state index in [2.05, 4.69) is 10.1 Å². The SMILES string of the molecule is COC(=O)CCCNC(C)C(=O)O. The molecule has 0 fully saturated rings. The first-order chi connectivity index (χ1) is 6.07. The van der Waals surface area contributed by atoms with E-state index in [1.807, 2.05) is 0 Å². The Morgan fingerprint density at radius 3 is 2.62 bits per heavy atom. The van der Waals surface area contributed by atoms with E-state index in [9.17, 15) is 9.59 Å². The number of hydrogen-bond acceptors (Lipinski definition) is 4. The topological polar surface area (TPSA) is 75.6 Å². The molecule has 0 aromatic rings. The van der Waals surface area contributed by atoms with Gasteiger partial charge in [0.2, 0.25) is 0 Å². The van der Waals surface area contributed by atoms with Crippen LogP contribution in [0.4, 0.5) is 0 Å². The predicted molar refractivity (Wildman–Crippen MR) is 46.4 cm³/mol. The third-order valence-corrected chi connectivity index (χ3v) is 1.61. The highest BCUT2D eigenvalue weighted by atomic mass is 16.5. The molecule has 0 aliphatic heterocycles. The molecule has 0 saturated carbocycles. The summed E-state index contributed by atoms with van der Waals surface area (Å²) in [6, 6.07) is -0.572. The van der Waals surface area contributed by atoms with Crippen molar-refractivity contribution in [1.29, 1.82) is 0 Å². The van der Waals surface area contributed by atoms with E-state index < -0.39 is 12.0 Å². The van der Waals surface area contributed by atoms with Crippen molar-refractivity contribution < 1.29 is 19.4 Å². The lowest BCUT2D eigenvalue weighted by Gasteiger charge is -2.07. The van der Waals surface area contributed by atoms with Crippen LogP contribution in [0.2, 0.25) is 0 Å². The highest BCUT2D eigenvalue weighted by Crippen LogP contribution is 1.90. The minimum Gasteiger partial charge on any atom is -0.480 e. The van der Waals surface area contributed by atoms with Crippen molar-refractivity contribution in [3.8, 4) is 0 Å². The Morgan fingerprint density at radius 1 is 1.54 bits per heavy atom. The molecule has 0 aliphatic carbocycles. The van der Waals surface area contributed by atoms with E-state index in [1.165, 1.54) is 7.11 Å². The highest BCUT2D eigenvalue weighted by Gasteiger charge is 2.08. The van der Waals surface area contributed by atoms with E-state index in [0.29, 0.717) is 19.4 Å². The minimum atomic E-state index is -0.891. The van der Waals surface area contributed by atoms with E-state index in [4.69, 9.17) is 5.11 Å². The summed E-state index contributed by atoms with van der Waals surface area (Å²) in [5.41, 5.74) is 0. The zero-order chi connectivity index (χ0) is 10.3. The summed E-state index contributed by atoms with van der Waals surface area (Å²) >= 11 is 0. The molecule has 1 atom stereocenters. The van der Waals surface area contributed by atoms with Crippen LogP contribution < -0.4 is 5.32 Å². The van der Waals surface area contributed by atoms with Crippen molar-refractivity contribution in [2.45, 2.75) is 25.8 Å². The largest absolute Gasteiger partial charge is 0.480 e. The second-order valence-electron chi connectivity index (χ2n) is 2.69. The summed E-state index contributed by atoms with van der Waals surface area (Å²) in [4.78, 5) is 21.0. The summed E-state index contributed by atoms with van der Waals surface area (Å²) in [5, 5.41) is 11.2. The molecular weight excluding hydrogens is 174 g/mol. The number of carboxylic acids is 1. The van der Waals surface area contributed by atoms with E-state index in [-0.39, 0.29) is 5.97 Å². The van der Waals surface area contributed by atoms with Crippen molar-refractivity contribution in [2.75, 3.05) is 13.7 Å². The molecular formula is C8H15NO4. The normalized spacial score (nSPS) is 12.2. The molecule has 0 aromatic heterocycles. The van der Waals surface area contributed by atoms with Crippen LogP contribution in [-0.4, -0.2) is 36.7 Å². The van der Waals surface area contributed by atoms with Crippen LogP contribution >= 0.6 is 0 Å². The van der Waals surface area contributed by atoms with E-state index >= 15 is 0 Å². The molecule has 0 radical (unpaired) electrons. The first kappa shape index (κ1) is 11.9. The van der Waals surface area contributed by atoms with Gasteiger partial charge in [-0.15, -0.1) is 0 Å². The van der Waals surface area contributed by atoms with Crippen molar-refractivity contribution in [3.05, 3.63) is 0 Å². The Morgan fingerprint density at radius 2 is 2.15 bits per heavy atom. The Balaban J connectivity index is 3.35. The number of carbonyl (C=O) groups excluding carboxylic acids is 1. The molecule has 0 saturated heterocycles. The van der Waals surface area contributed by atoms with E-state index in [1.54, 1.807) is 6.92 Å². The average molecular weight is 189 g/mol. The number of ether oxygens (including phenoxy) is 1. The fourth-order valence-corrected chi connectivity index (χ4v) is 0.741. The maximum Gasteiger partial charge on any atom is 0.320 e. The fraction of sp³-hybridized carbons (Fsp3) is 0.750. The molecule has 0 aromatic carbocycles. The second kappa shape index (κ2) is 6.42. The number of carbonyl (C=O) groups is 2. The van der Waals surface area contributed by atoms with Gasteiger partial charge in [0.05, 0.1) is 7.11 Å². The van der Waals surface area contributed by atoms with Gasteiger partial charge in [0.1, 0.15) is 6.04 Å². The van der Waals surface area contributed by atoms with Crippen LogP contribution in [0.25, 0.3) is 0 Å². The Hall–Kier alpha value is -1.10. The maximum absolute atomic E-state index is 10.6. The van der Waals surface area contributed by atoms with Crippen LogP contribution in [0.5, 0.6) is 0 Å². The Bertz CT molecular complexity index is 181. The molecule has 1 unspecified atom stereocenters. The van der Waals surface area contributed by atoms with Crippen molar-refractivity contribution in [2.24, 2.45) is 0 Å². The lowest BCUT2D eigenvalue weighted by Crippen LogP contribution is -2.34. The highest BCUT2D eigenvalue weighted by molar-refractivity contribution is 5.72. The molecule has 0 heterocycles. The quantitative estimate of drug-likeness (QED) is 0.454. The van der Waals surface area contributed by atoms with Gasteiger partial charge in [-0.3, -0.25) is 9.59 Å². The summed E-state index contributed by atoms with van der Waals surface area (Å²) in [7, 11) is 1.33. The van der Waals surface area contributed by atoms with Crippen molar-refractivity contribution >= 4 is 11.9 Å². The first-order valence-corrected chi connectivity index (χ1v) is 4.11. The zero-order valence-corrected chi connectivity index (χ0v) is 7.87. The molecule has 5 heteroatoms. The second-order valence-corrected chi connectivity index (χ2v) is 2.69. The van der Waals surface area contributed by atoms with Crippen LogP contribution in [0.1, 0.15) is 19.8 Å². The van der Waals surface area contributed by atoms with Gasteiger partial charge >= 0.3 is 11.9 Å². The maximum atomic E-state index is 10.6. The molecule has 0 amide bonds. The number of esters is 1. The van der Waals surface area contributed by atoms with Gasteiger partial charge < -0.3 is 15.2 Å². The first-order valence-electron chi connectivity index (χ1n) is 4.11. The number of methoxy groups -OCH3 is 1. The summed E-state index contributed by atoms with van der Waals surface area (Å²) in [6.07, 6.45) is 0.903. The smallest absolute Gasteiger partial charge is 0.320 e. The number of carboxylic acid groups (broad SMARTS) is 1. The number of rotatable bonds is 6. The molecule has 0 bridgehead atoms. The van der Waals surface area contributed by atoms with Crippen molar-refractivity contribution in [1.82, 2.24) is 5.32 Å². The number of aliphatic carboxylic acids is 1. The molecule has 0 aliphatic rings. The van der Waals surface area contributed by atoms with Gasteiger partial charge in [0.15, 0.2) is 0 Å². The molecule has 5 nitrogen and oxygen atoms in total. The van der Waals surface area contributed by atoms with Gasteiger partial charge in [-0.05, 0) is 19.9 Å². The van der Waals surface area contributed by atoms with Crippen LogP contribution in [-0.2, 0) is 14.3 Å². The van der Waals surface area contributed by atoms with Gasteiger partial charge in [-0.1, -0.05) is 0 Å². The molecule has 0 rings (SSSR count). The van der Waals surface area contributed by atoms with Crippen LogP contribution in [0, 0.1) is 0 Å². The van der Waals surface area contributed by atoms with Crippen molar-refractivity contribution in [3.63, 3.8) is 0 Å². The number of nitrogens with one attached hydrogen (secondary N) is 1. The lowest BCUT2D eigenvalue weighted by atomic mass is 10.3. The Kier molecular flexibility index (Phi) is 5.88. The van der Waals surface area contributed by atoms with Crippen LogP contribution in [0.3, 0.4) is 0 Å². The molecule has 0 spiro atoms. The monoisotopic (exact) mass is 189 g/mol. The standard InChI is InChI=1S/C8H15NO4/c1-6(8(11)12)9-5-3-4-7(10)13-2/h6,9H,3-5H2,1-2H3,(H,11,12). The molecule has 76 valence electrons. The van der Waals surface area contributed by atoms with Crippen LogP contribution in [0.15, 0.2) is 0 Å². The summed E-state index contributed by atoms with van der Waals surface area (Å²) in [5.74, 6) is -1.16. The van der Waals surface area contributed by atoms with Gasteiger partial charge in [0, 0.05) is 6.42 Å². The zero-order valence-electron chi connectivity index (χ0n) is 7.87. The van der Waals surface area contributed by atoms with Gasteiger partial charge in [-0.2, -0.15) is 0 Å². The fourth-order valence-electron chi connectivity index (χ4n) is 0.741. The Labute approximate surface area is 77.1 Å². The summed E-state index contributed by atoms with van der Waals surface area (Å²) < 4.78 is 4.42. The van der Waals surface area contributed by atoms with Gasteiger partial charge in [0.25, 0.3) is 0 Å². The molecule has 2 N–H and O–H groups in total. The predicted octanol–water partition coefficient (Wildman–Crippen LogP) is 0.00230. The number of hydrogen-bond donors (Lipinski definition) is 2. The third kappa shape index (κ3) is 6.10. The lowest BCUT2D eigenvalue weighted by molar-refractivity contribution is -0.140. The molecule has 13 heavy (non-hydrogen) atoms.